The number of rotatable bonds is 7. The van der Waals surface area contributed by atoms with E-state index >= 15 is 0 Å². The Balaban J connectivity index is 0.00000400. The summed E-state index contributed by atoms with van der Waals surface area (Å²) < 4.78 is 91.1. The molecular formula is C25H27ClF6N4O2. The maximum atomic E-state index is 13.3. The lowest BCUT2D eigenvalue weighted by Crippen LogP contribution is -2.42. The van der Waals surface area contributed by atoms with Crippen LogP contribution in [0, 0.1) is 0 Å². The van der Waals surface area contributed by atoms with Crippen LogP contribution in [-0.4, -0.2) is 41.8 Å². The molecular weight excluding hydrogens is 538 g/mol. The van der Waals surface area contributed by atoms with Crippen LogP contribution in [0.3, 0.4) is 0 Å². The largest absolute Gasteiger partial charge is 0.416 e. The highest BCUT2D eigenvalue weighted by Crippen LogP contribution is 2.38. The summed E-state index contributed by atoms with van der Waals surface area (Å²) in [5, 5.41) is 3.93. The van der Waals surface area contributed by atoms with E-state index in [-0.39, 0.29) is 30.1 Å². The lowest BCUT2D eigenvalue weighted by Gasteiger charge is -2.40. The Morgan fingerprint density at radius 2 is 1.63 bits per heavy atom. The van der Waals surface area contributed by atoms with Crippen molar-refractivity contribution < 1.29 is 35.6 Å². The predicted molar refractivity (Wildman–Crippen MR) is 130 cm³/mol. The van der Waals surface area contributed by atoms with Crippen molar-refractivity contribution in [3.63, 3.8) is 0 Å². The fraction of sp³-hybridized carbons (Fsp3) is 0.440. The summed E-state index contributed by atoms with van der Waals surface area (Å²) in [5.41, 5.74) is -2.02. The molecule has 6 nitrogen and oxygen atoms in total. The lowest BCUT2D eigenvalue weighted by molar-refractivity contribution is -0.143. The Hall–Kier alpha value is -2.83. The van der Waals surface area contributed by atoms with Crippen LogP contribution in [-0.2, 0) is 30.2 Å². The van der Waals surface area contributed by atoms with Gasteiger partial charge in [0.2, 0.25) is 5.89 Å². The molecule has 208 valence electrons. The van der Waals surface area contributed by atoms with Crippen molar-refractivity contribution in [1.82, 2.24) is 15.0 Å². The van der Waals surface area contributed by atoms with Crippen molar-refractivity contribution in [2.45, 2.75) is 50.5 Å². The van der Waals surface area contributed by atoms with Gasteiger partial charge in [-0.2, -0.15) is 31.3 Å². The fourth-order valence-corrected chi connectivity index (χ4v) is 4.43. The van der Waals surface area contributed by atoms with Gasteiger partial charge in [-0.05, 0) is 53.9 Å². The van der Waals surface area contributed by atoms with Crippen molar-refractivity contribution in [3.8, 4) is 0 Å². The highest BCUT2D eigenvalue weighted by Gasteiger charge is 2.38. The maximum absolute atomic E-state index is 13.3. The van der Waals surface area contributed by atoms with Crippen LogP contribution in [0.25, 0.3) is 0 Å². The monoisotopic (exact) mass is 564 g/mol. The topological polar surface area (TPSA) is 54.6 Å². The third-order valence-electron chi connectivity index (χ3n) is 6.13. The van der Waals surface area contributed by atoms with Gasteiger partial charge in [0, 0.05) is 14.1 Å². The van der Waals surface area contributed by atoms with Gasteiger partial charge in [0.05, 0.1) is 36.4 Å². The van der Waals surface area contributed by atoms with Gasteiger partial charge < -0.3 is 14.2 Å². The molecule has 13 heteroatoms. The van der Waals surface area contributed by atoms with Crippen molar-refractivity contribution >= 4 is 18.4 Å². The van der Waals surface area contributed by atoms with Crippen LogP contribution in [0.15, 0.2) is 53.1 Å². The molecule has 2 heterocycles. The van der Waals surface area contributed by atoms with Gasteiger partial charge in [-0.3, -0.25) is 4.90 Å². The maximum Gasteiger partial charge on any atom is 0.416 e. The minimum atomic E-state index is -4.92. The number of halogens is 7. The number of benzene rings is 2. The second-order valence-corrected chi connectivity index (χ2v) is 9.11. The van der Waals surface area contributed by atoms with Crippen LogP contribution < -0.4 is 4.90 Å². The molecule has 2 aromatic carbocycles. The third kappa shape index (κ3) is 7.17. The zero-order chi connectivity index (χ0) is 26.8. The number of nitrogens with zero attached hydrogens (tertiary/aromatic N) is 4. The van der Waals surface area contributed by atoms with E-state index in [1.807, 2.05) is 30.3 Å². The Kier molecular flexibility index (Phi) is 9.32. The second kappa shape index (κ2) is 11.9. The smallest absolute Gasteiger partial charge is 0.372 e. The molecule has 0 aliphatic carbocycles. The first kappa shape index (κ1) is 29.7. The van der Waals surface area contributed by atoms with Crippen molar-refractivity contribution in [3.05, 3.63) is 76.7 Å². The van der Waals surface area contributed by atoms with Crippen LogP contribution >= 0.6 is 12.4 Å². The van der Waals surface area contributed by atoms with Gasteiger partial charge in [0.25, 0.3) is 5.95 Å². The molecule has 38 heavy (non-hydrogen) atoms. The van der Waals surface area contributed by atoms with E-state index in [0.717, 1.165) is 5.56 Å². The van der Waals surface area contributed by atoms with Gasteiger partial charge in [-0.25, -0.2) is 0 Å². The molecule has 2 atom stereocenters. The number of piperidine rings is 1. The van der Waals surface area contributed by atoms with Gasteiger partial charge in [0.15, 0.2) is 0 Å². The Morgan fingerprint density at radius 1 is 1.00 bits per heavy atom. The van der Waals surface area contributed by atoms with Gasteiger partial charge in [-0.1, -0.05) is 30.3 Å². The second-order valence-electron chi connectivity index (χ2n) is 9.11. The zero-order valence-corrected chi connectivity index (χ0v) is 21.4. The lowest BCUT2D eigenvalue weighted by atomic mass is 9.92. The molecule has 0 N–H and O–H groups in total. The van der Waals surface area contributed by atoms with Crippen LogP contribution in [0.1, 0.15) is 47.0 Å². The summed E-state index contributed by atoms with van der Waals surface area (Å²) in [6.45, 7) is 0.573. The predicted octanol–water partition coefficient (Wildman–Crippen LogP) is 6.52. The molecule has 0 amide bonds. The third-order valence-corrected chi connectivity index (χ3v) is 6.13. The number of ether oxygens (including phenoxy) is 1. The number of aromatic nitrogens is 2. The Labute approximate surface area is 222 Å². The highest BCUT2D eigenvalue weighted by molar-refractivity contribution is 5.85. The summed E-state index contributed by atoms with van der Waals surface area (Å²) in [6.07, 6.45) is -9.04. The molecule has 2 unspecified atom stereocenters. The molecule has 1 fully saturated rings. The van der Waals surface area contributed by atoms with Crippen LogP contribution in [0.2, 0.25) is 0 Å². The SMILES string of the molecule is CN(C)c1noc(CN2CCCC(OCc3cc(C(F)(F)F)cc(C(F)(F)F)c3)C2c2ccccc2)n1.Cl. The first-order valence-corrected chi connectivity index (χ1v) is 11.6. The number of hydrogen-bond donors (Lipinski definition) is 0. The van der Waals surface area contributed by atoms with E-state index < -0.39 is 36.2 Å². The molecule has 3 aromatic rings. The van der Waals surface area contributed by atoms with E-state index in [9.17, 15) is 26.3 Å². The summed E-state index contributed by atoms with van der Waals surface area (Å²) in [7, 11) is 3.56. The van der Waals surface area contributed by atoms with Gasteiger partial charge in [0.1, 0.15) is 0 Å². The average Bonchev–Trinajstić information content (AvgIpc) is 3.31. The number of alkyl halides is 6. The average molecular weight is 565 g/mol. The first-order valence-electron chi connectivity index (χ1n) is 11.6. The number of likely N-dealkylation sites (tertiary alicyclic amines) is 1. The van der Waals surface area contributed by atoms with Gasteiger partial charge in [-0.15, -0.1) is 12.4 Å². The Bertz CT molecular complexity index is 1150. The van der Waals surface area contributed by atoms with E-state index in [0.29, 0.717) is 49.9 Å². The summed E-state index contributed by atoms with van der Waals surface area (Å²) in [4.78, 5) is 8.14. The standard InChI is InChI=1S/C25H26F6N4O2.ClH/c1-34(2)23-32-21(37-33-23)14-35-10-6-9-20(22(35)17-7-4-3-5-8-17)36-15-16-11-18(24(26,27)28)13-19(12-16)25(29,30)31;/h3-5,7-8,11-13,20,22H,6,9-10,14-15H2,1-2H3;1H. The van der Waals surface area contributed by atoms with E-state index in [2.05, 4.69) is 15.0 Å². The van der Waals surface area contributed by atoms with E-state index in [4.69, 9.17) is 9.26 Å². The Morgan fingerprint density at radius 3 is 2.18 bits per heavy atom. The highest BCUT2D eigenvalue weighted by atomic mass is 35.5. The van der Waals surface area contributed by atoms with Crippen molar-refractivity contribution in [2.75, 3.05) is 25.5 Å². The minimum Gasteiger partial charge on any atom is -0.372 e. The van der Waals surface area contributed by atoms with Gasteiger partial charge >= 0.3 is 12.4 Å². The van der Waals surface area contributed by atoms with Crippen molar-refractivity contribution in [1.29, 1.82) is 0 Å². The zero-order valence-electron chi connectivity index (χ0n) is 20.6. The van der Waals surface area contributed by atoms with Crippen LogP contribution in [0.5, 0.6) is 0 Å². The number of anilines is 1. The number of hydrogen-bond acceptors (Lipinski definition) is 6. The quantitative estimate of drug-likeness (QED) is 0.305. The summed E-state index contributed by atoms with van der Waals surface area (Å²) >= 11 is 0. The molecule has 1 saturated heterocycles. The molecule has 1 aliphatic heterocycles. The van der Waals surface area contributed by atoms with Crippen molar-refractivity contribution in [2.24, 2.45) is 0 Å². The van der Waals surface area contributed by atoms with E-state index in [1.54, 1.807) is 19.0 Å². The van der Waals surface area contributed by atoms with E-state index in [1.165, 1.54) is 0 Å². The summed E-state index contributed by atoms with van der Waals surface area (Å²) in [5.74, 6) is 0.805. The van der Waals surface area contributed by atoms with Crippen LogP contribution in [0.4, 0.5) is 32.3 Å². The normalized spacial score (nSPS) is 18.7. The fourth-order valence-electron chi connectivity index (χ4n) is 4.43. The molecule has 0 spiro atoms. The molecule has 0 radical (unpaired) electrons. The molecule has 1 aliphatic rings. The summed E-state index contributed by atoms with van der Waals surface area (Å²) in [6, 6.07) is 10.6. The molecule has 0 saturated carbocycles. The first-order chi connectivity index (χ1) is 17.4. The molecule has 0 bridgehead atoms. The molecule has 1 aromatic heterocycles. The minimum absolute atomic E-state index is 0. The molecule has 4 rings (SSSR count).